The fourth-order valence-electron chi connectivity index (χ4n) is 2.66. The molecule has 0 spiro atoms. The smallest absolute Gasteiger partial charge is 0.338 e. The van der Waals surface area contributed by atoms with Crippen LogP contribution in [0.5, 0.6) is 0 Å². The molecule has 0 aliphatic heterocycles. The molecule has 0 radical (unpaired) electrons. The van der Waals surface area contributed by atoms with Crippen molar-refractivity contribution in [1.29, 1.82) is 0 Å². The summed E-state index contributed by atoms with van der Waals surface area (Å²) < 4.78 is 6.70. The van der Waals surface area contributed by atoms with Crippen molar-refractivity contribution >= 4 is 55.0 Å². The number of esters is 1. The van der Waals surface area contributed by atoms with E-state index in [-0.39, 0.29) is 5.91 Å². The van der Waals surface area contributed by atoms with Crippen LogP contribution in [0.1, 0.15) is 11.1 Å². The standard InChI is InChI=1S/C18H13Br2NO3/c1-24-18(23)16-14-7-4-12(20)8-10(14)9-15(16)17(22)21-13-5-2-11(19)3-6-13/h2-8H,9H2,1H3,(H,21,22). The van der Waals surface area contributed by atoms with Crippen molar-refractivity contribution in [3.05, 3.63) is 68.1 Å². The van der Waals surface area contributed by atoms with Gasteiger partial charge in [-0.3, -0.25) is 4.79 Å². The molecule has 1 amide bonds. The molecule has 0 saturated heterocycles. The van der Waals surface area contributed by atoms with Gasteiger partial charge in [-0.2, -0.15) is 0 Å². The molecule has 1 aliphatic rings. The summed E-state index contributed by atoms with van der Waals surface area (Å²) in [6.45, 7) is 0. The third-order valence-electron chi connectivity index (χ3n) is 3.77. The van der Waals surface area contributed by atoms with Gasteiger partial charge in [-0.05, 0) is 47.5 Å². The summed E-state index contributed by atoms with van der Waals surface area (Å²) in [6, 6.07) is 12.8. The lowest BCUT2D eigenvalue weighted by molar-refractivity contribution is -0.133. The van der Waals surface area contributed by atoms with E-state index in [4.69, 9.17) is 4.74 Å². The Balaban J connectivity index is 1.96. The van der Waals surface area contributed by atoms with Crippen molar-refractivity contribution in [3.63, 3.8) is 0 Å². The Bertz CT molecular complexity index is 857. The van der Waals surface area contributed by atoms with Crippen LogP contribution < -0.4 is 5.32 Å². The van der Waals surface area contributed by atoms with E-state index in [2.05, 4.69) is 37.2 Å². The number of carbonyl (C=O) groups is 2. The Kier molecular flexibility index (Phi) is 4.87. The maximum Gasteiger partial charge on any atom is 0.338 e. The van der Waals surface area contributed by atoms with Crippen LogP contribution in [-0.2, 0) is 20.7 Å². The van der Waals surface area contributed by atoms with Crippen molar-refractivity contribution in [3.8, 4) is 0 Å². The van der Waals surface area contributed by atoms with Crippen LogP contribution in [0.25, 0.3) is 5.57 Å². The minimum absolute atomic E-state index is 0.301. The van der Waals surface area contributed by atoms with Crippen LogP contribution >= 0.6 is 31.9 Å². The minimum atomic E-state index is -0.503. The van der Waals surface area contributed by atoms with Crippen LogP contribution in [0.2, 0.25) is 0 Å². The molecule has 24 heavy (non-hydrogen) atoms. The van der Waals surface area contributed by atoms with Crippen LogP contribution in [0.15, 0.2) is 57.0 Å². The molecule has 3 rings (SSSR count). The topological polar surface area (TPSA) is 55.4 Å². The summed E-state index contributed by atoms with van der Waals surface area (Å²) in [7, 11) is 1.32. The van der Waals surface area contributed by atoms with E-state index in [9.17, 15) is 9.59 Å². The number of halogens is 2. The number of fused-ring (bicyclic) bond motifs is 1. The average molecular weight is 451 g/mol. The Morgan fingerprint density at radius 1 is 1.04 bits per heavy atom. The van der Waals surface area contributed by atoms with Gasteiger partial charge >= 0.3 is 5.97 Å². The second kappa shape index (κ2) is 6.91. The first kappa shape index (κ1) is 16.9. The van der Waals surface area contributed by atoms with Crippen LogP contribution in [-0.4, -0.2) is 19.0 Å². The largest absolute Gasteiger partial charge is 0.465 e. The molecular weight excluding hydrogens is 438 g/mol. The monoisotopic (exact) mass is 449 g/mol. The molecule has 2 aromatic rings. The fourth-order valence-corrected chi connectivity index (χ4v) is 3.34. The fraction of sp³-hybridized carbons (Fsp3) is 0.111. The van der Waals surface area contributed by atoms with E-state index in [0.29, 0.717) is 23.3 Å². The lowest BCUT2D eigenvalue weighted by atomic mass is 10.1. The van der Waals surface area contributed by atoms with Crippen molar-refractivity contribution < 1.29 is 14.3 Å². The highest BCUT2D eigenvalue weighted by atomic mass is 79.9. The van der Waals surface area contributed by atoms with E-state index in [1.165, 1.54) is 7.11 Å². The molecule has 6 heteroatoms. The number of rotatable bonds is 3. The Hall–Kier alpha value is -1.92. The normalized spacial score (nSPS) is 12.8. The van der Waals surface area contributed by atoms with E-state index in [1.807, 2.05) is 30.3 Å². The van der Waals surface area contributed by atoms with Crippen LogP contribution in [0.4, 0.5) is 5.69 Å². The number of hydrogen-bond acceptors (Lipinski definition) is 3. The predicted molar refractivity (Wildman–Crippen MR) is 99.6 cm³/mol. The first-order valence-corrected chi connectivity index (χ1v) is 8.75. The molecule has 0 aromatic heterocycles. The molecule has 4 nitrogen and oxygen atoms in total. The molecule has 0 unspecified atom stereocenters. The molecule has 0 saturated carbocycles. The van der Waals surface area contributed by atoms with Gasteiger partial charge in [0.25, 0.3) is 5.91 Å². The third-order valence-corrected chi connectivity index (χ3v) is 4.79. The number of amides is 1. The molecule has 2 aromatic carbocycles. The van der Waals surface area contributed by atoms with Gasteiger partial charge in [0, 0.05) is 26.6 Å². The molecular formula is C18H13Br2NO3. The van der Waals surface area contributed by atoms with Gasteiger partial charge in [-0.15, -0.1) is 0 Å². The number of carbonyl (C=O) groups excluding carboxylic acids is 2. The summed E-state index contributed by atoms with van der Waals surface area (Å²) in [5.74, 6) is -0.804. The van der Waals surface area contributed by atoms with Crippen LogP contribution in [0.3, 0.4) is 0 Å². The molecule has 0 fully saturated rings. The summed E-state index contributed by atoms with van der Waals surface area (Å²) in [5.41, 5.74) is 3.07. The maximum atomic E-state index is 12.7. The first-order valence-electron chi connectivity index (χ1n) is 7.17. The summed E-state index contributed by atoms with van der Waals surface area (Å²) in [4.78, 5) is 24.9. The maximum absolute atomic E-state index is 12.7. The predicted octanol–water partition coefficient (Wildman–Crippen LogP) is 4.33. The summed E-state index contributed by atoms with van der Waals surface area (Å²) in [5, 5.41) is 2.83. The molecule has 1 N–H and O–H groups in total. The second-order valence-corrected chi connectivity index (χ2v) is 7.12. The number of hydrogen-bond donors (Lipinski definition) is 1. The zero-order chi connectivity index (χ0) is 17.3. The molecule has 122 valence electrons. The Morgan fingerprint density at radius 2 is 1.71 bits per heavy atom. The van der Waals surface area contributed by atoms with Gasteiger partial charge in [0.1, 0.15) is 0 Å². The van der Waals surface area contributed by atoms with Crippen molar-refractivity contribution in [2.24, 2.45) is 0 Å². The number of benzene rings is 2. The Labute approximate surface area is 156 Å². The minimum Gasteiger partial charge on any atom is -0.465 e. The van der Waals surface area contributed by atoms with E-state index in [0.717, 1.165) is 20.1 Å². The first-order chi connectivity index (χ1) is 11.5. The van der Waals surface area contributed by atoms with Gasteiger partial charge in [0.05, 0.1) is 12.7 Å². The SMILES string of the molecule is COC(=O)C1=C(C(=O)Nc2ccc(Br)cc2)Cc2cc(Br)ccc21. The molecule has 0 heterocycles. The molecule has 0 atom stereocenters. The van der Waals surface area contributed by atoms with Gasteiger partial charge in [-0.1, -0.05) is 37.9 Å². The van der Waals surface area contributed by atoms with Crippen molar-refractivity contribution in [2.45, 2.75) is 6.42 Å². The van der Waals surface area contributed by atoms with Gasteiger partial charge in [-0.25, -0.2) is 4.79 Å². The van der Waals surface area contributed by atoms with Crippen molar-refractivity contribution in [2.75, 3.05) is 12.4 Å². The van der Waals surface area contributed by atoms with Crippen molar-refractivity contribution in [1.82, 2.24) is 0 Å². The van der Waals surface area contributed by atoms with E-state index in [1.54, 1.807) is 12.1 Å². The highest BCUT2D eigenvalue weighted by Gasteiger charge is 2.31. The third kappa shape index (κ3) is 3.30. The quantitative estimate of drug-likeness (QED) is 0.708. The molecule has 0 bridgehead atoms. The zero-order valence-corrected chi connectivity index (χ0v) is 15.9. The summed E-state index contributed by atoms with van der Waals surface area (Å²) in [6.07, 6.45) is 0.390. The summed E-state index contributed by atoms with van der Waals surface area (Å²) >= 11 is 6.77. The number of ether oxygens (including phenoxy) is 1. The zero-order valence-electron chi connectivity index (χ0n) is 12.7. The number of anilines is 1. The lowest BCUT2D eigenvalue weighted by Crippen LogP contribution is -2.17. The van der Waals surface area contributed by atoms with E-state index < -0.39 is 5.97 Å². The van der Waals surface area contributed by atoms with Gasteiger partial charge < -0.3 is 10.1 Å². The van der Waals surface area contributed by atoms with Gasteiger partial charge in [0.2, 0.25) is 0 Å². The van der Waals surface area contributed by atoms with Gasteiger partial charge in [0.15, 0.2) is 0 Å². The number of methoxy groups -OCH3 is 1. The van der Waals surface area contributed by atoms with E-state index >= 15 is 0 Å². The lowest BCUT2D eigenvalue weighted by Gasteiger charge is -2.08. The molecule has 1 aliphatic carbocycles. The Morgan fingerprint density at radius 3 is 2.38 bits per heavy atom. The number of nitrogens with one attached hydrogen (secondary N) is 1. The highest BCUT2D eigenvalue weighted by Crippen LogP contribution is 2.36. The van der Waals surface area contributed by atoms with Crippen LogP contribution in [0, 0.1) is 0 Å². The average Bonchev–Trinajstić information content (AvgIpc) is 2.94. The highest BCUT2D eigenvalue weighted by molar-refractivity contribution is 9.10. The second-order valence-electron chi connectivity index (χ2n) is 5.28.